The normalized spacial score (nSPS) is 17.1. The molecule has 5 rings (SSSR count). The number of anilines is 4. The largest absolute Gasteiger partial charge is 0.462 e. The molecule has 3 N–H and O–H groups in total. The van der Waals surface area contributed by atoms with Gasteiger partial charge in [-0.3, -0.25) is 5.32 Å². The Bertz CT molecular complexity index is 1490. The van der Waals surface area contributed by atoms with Crippen LogP contribution >= 0.6 is 11.3 Å². The molecule has 2 aromatic heterocycles. The molecular weight excluding hydrogens is 554 g/mol. The van der Waals surface area contributed by atoms with Crippen LogP contribution in [0, 0.1) is 6.92 Å². The van der Waals surface area contributed by atoms with E-state index in [1.54, 1.807) is 26.0 Å². The summed E-state index contributed by atoms with van der Waals surface area (Å²) in [5.74, 6) is 1.50. The molecule has 0 amide bonds. The lowest BCUT2D eigenvalue weighted by Crippen LogP contribution is -2.33. The lowest BCUT2D eigenvalue weighted by Gasteiger charge is -2.33. The number of sulfonamides is 1. The van der Waals surface area contributed by atoms with Crippen molar-refractivity contribution in [1.82, 2.24) is 19.7 Å². The van der Waals surface area contributed by atoms with Crippen molar-refractivity contribution in [3.63, 3.8) is 0 Å². The maximum Gasteiger partial charge on any atom is 0.350 e. The third-order valence-corrected chi connectivity index (χ3v) is 9.42. The maximum atomic E-state index is 12.3. The van der Waals surface area contributed by atoms with Crippen LogP contribution in [0.2, 0.25) is 0 Å². The fraction of sp³-hybridized carbons (Fsp3) is 0.462. The molecule has 1 saturated heterocycles. The number of ether oxygens (including phenoxy) is 1. The number of rotatable bonds is 9. The number of nitrogens with zero attached hydrogens (tertiary/aromatic N) is 5. The van der Waals surface area contributed by atoms with E-state index in [2.05, 4.69) is 24.8 Å². The number of aromatic nitrogens is 3. The van der Waals surface area contributed by atoms with Gasteiger partial charge in [-0.25, -0.2) is 22.9 Å². The molecular formula is C26H33N7O5S2. The number of carbonyl (C=O) groups excluding carboxylic acids is 1. The van der Waals surface area contributed by atoms with Gasteiger partial charge in [0.25, 0.3) is 0 Å². The highest BCUT2D eigenvalue weighted by Gasteiger charge is 2.30. The molecule has 1 unspecified atom stereocenters. The molecule has 14 heteroatoms. The Kier molecular flexibility index (Phi) is 8.21. The highest BCUT2D eigenvalue weighted by Crippen LogP contribution is 2.36. The topological polar surface area (TPSA) is 150 Å². The molecule has 2 aliphatic rings. The summed E-state index contributed by atoms with van der Waals surface area (Å²) < 4.78 is 31.8. The third kappa shape index (κ3) is 5.89. The van der Waals surface area contributed by atoms with Crippen LogP contribution in [0.25, 0.3) is 0 Å². The summed E-state index contributed by atoms with van der Waals surface area (Å²) in [7, 11) is -2.12. The van der Waals surface area contributed by atoms with E-state index < -0.39 is 22.1 Å². The van der Waals surface area contributed by atoms with Crippen LogP contribution in [0.1, 0.15) is 46.3 Å². The molecule has 1 aromatic carbocycles. The van der Waals surface area contributed by atoms with Gasteiger partial charge in [-0.05, 0) is 57.9 Å². The minimum Gasteiger partial charge on any atom is -0.462 e. The number of hydrogen-bond acceptors (Lipinski definition) is 12. The summed E-state index contributed by atoms with van der Waals surface area (Å²) in [6, 6.07) is 6.82. The van der Waals surface area contributed by atoms with Crippen molar-refractivity contribution in [2.24, 2.45) is 0 Å². The maximum absolute atomic E-state index is 12.3. The van der Waals surface area contributed by atoms with Crippen molar-refractivity contribution in [2.75, 3.05) is 48.4 Å². The van der Waals surface area contributed by atoms with E-state index in [0.29, 0.717) is 47.7 Å². The van der Waals surface area contributed by atoms with Crippen LogP contribution in [0.3, 0.4) is 0 Å². The number of thiazole rings is 1. The van der Waals surface area contributed by atoms with Crippen LogP contribution in [0.15, 0.2) is 29.2 Å². The Morgan fingerprint density at radius 3 is 2.60 bits per heavy atom. The van der Waals surface area contributed by atoms with Gasteiger partial charge in [0.15, 0.2) is 5.13 Å². The SMILES string of the molecule is CCOC(=O)c1sc(Nc2nc3c(c(N4CCC(O)C4)n2)CCCN3Cc2ccc(S(=O)(=O)NC)cc2)nc1C. The predicted molar refractivity (Wildman–Crippen MR) is 153 cm³/mol. The summed E-state index contributed by atoms with van der Waals surface area (Å²) in [5.41, 5.74) is 2.53. The van der Waals surface area contributed by atoms with Gasteiger partial charge >= 0.3 is 5.97 Å². The molecule has 0 saturated carbocycles. The standard InChI is InChI=1S/C26H33N7O5S2/c1-4-38-24(35)21-16(2)28-26(39-21)31-25-29-22-20(23(30-25)33-13-11-18(34)15-33)6-5-12-32(22)14-17-7-9-19(10-8-17)40(36,37)27-3/h7-10,18,27,34H,4-6,11-15H2,1-3H3,(H,28,29,30,31). The van der Waals surface area contributed by atoms with E-state index >= 15 is 0 Å². The number of fused-ring (bicyclic) bond motifs is 1. The van der Waals surface area contributed by atoms with Crippen molar-refractivity contribution in [3.05, 3.63) is 46.0 Å². The number of aliphatic hydroxyl groups excluding tert-OH is 1. The Labute approximate surface area is 237 Å². The van der Waals surface area contributed by atoms with Gasteiger partial charge in [-0.1, -0.05) is 23.5 Å². The Hall–Kier alpha value is -3.33. The number of esters is 1. The smallest absolute Gasteiger partial charge is 0.350 e. The predicted octanol–water partition coefficient (Wildman–Crippen LogP) is 2.59. The minimum absolute atomic E-state index is 0.211. The van der Waals surface area contributed by atoms with Crippen molar-refractivity contribution in [3.8, 4) is 0 Å². The zero-order chi connectivity index (χ0) is 28.4. The first-order valence-electron chi connectivity index (χ1n) is 13.2. The minimum atomic E-state index is -3.51. The lowest BCUT2D eigenvalue weighted by atomic mass is 10.0. The van der Waals surface area contributed by atoms with Gasteiger partial charge in [-0.15, -0.1) is 0 Å². The van der Waals surface area contributed by atoms with E-state index in [4.69, 9.17) is 14.7 Å². The number of carbonyl (C=O) groups is 1. The van der Waals surface area contributed by atoms with E-state index in [1.165, 1.54) is 18.4 Å². The molecule has 1 atom stereocenters. The van der Waals surface area contributed by atoms with E-state index in [9.17, 15) is 18.3 Å². The second-order valence-corrected chi connectivity index (χ2v) is 12.6. The fourth-order valence-corrected chi connectivity index (χ4v) is 6.53. The first-order valence-corrected chi connectivity index (χ1v) is 15.5. The average molecular weight is 588 g/mol. The number of benzene rings is 1. The quantitative estimate of drug-likeness (QED) is 0.317. The Morgan fingerprint density at radius 2 is 1.93 bits per heavy atom. The van der Waals surface area contributed by atoms with Crippen molar-refractivity contribution < 1.29 is 23.1 Å². The van der Waals surface area contributed by atoms with Crippen molar-refractivity contribution >= 4 is 50.0 Å². The zero-order valence-corrected chi connectivity index (χ0v) is 24.3. The molecule has 0 radical (unpaired) electrons. The van der Waals surface area contributed by atoms with Gasteiger partial charge in [-0.2, -0.15) is 9.97 Å². The monoisotopic (exact) mass is 587 g/mol. The Balaban J connectivity index is 1.48. The van der Waals surface area contributed by atoms with Crippen molar-refractivity contribution in [1.29, 1.82) is 0 Å². The first-order chi connectivity index (χ1) is 19.2. The molecule has 12 nitrogen and oxygen atoms in total. The van der Waals surface area contributed by atoms with Gasteiger partial charge in [0.1, 0.15) is 16.5 Å². The van der Waals surface area contributed by atoms with E-state index in [1.807, 2.05) is 12.1 Å². The van der Waals surface area contributed by atoms with E-state index in [-0.39, 0.29) is 11.5 Å². The molecule has 2 aliphatic heterocycles. The summed E-state index contributed by atoms with van der Waals surface area (Å²) in [6.07, 6.45) is 1.97. The molecule has 40 heavy (non-hydrogen) atoms. The van der Waals surface area contributed by atoms with Crippen LogP contribution in [0.5, 0.6) is 0 Å². The molecule has 1 fully saturated rings. The molecule has 0 bridgehead atoms. The number of hydrogen-bond donors (Lipinski definition) is 3. The van der Waals surface area contributed by atoms with Gasteiger partial charge in [0.05, 0.1) is 23.3 Å². The summed E-state index contributed by atoms with van der Waals surface area (Å²) in [4.78, 5) is 31.4. The van der Waals surface area contributed by atoms with Gasteiger partial charge in [0.2, 0.25) is 16.0 Å². The van der Waals surface area contributed by atoms with Crippen LogP contribution in [-0.4, -0.2) is 73.8 Å². The van der Waals surface area contributed by atoms with Gasteiger partial charge < -0.3 is 19.6 Å². The van der Waals surface area contributed by atoms with Crippen LogP contribution < -0.4 is 19.8 Å². The molecule has 214 valence electrons. The second-order valence-electron chi connectivity index (χ2n) is 9.72. The highest BCUT2D eigenvalue weighted by molar-refractivity contribution is 7.89. The summed E-state index contributed by atoms with van der Waals surface area (Å²) in [6.45, 7) is 6.29. The number of aliphatic hydroxyl groups is 1. The molecule has 4 heterocycles. The third-order valence-electron chi connectivity index (χ3n) is 6.93. The number of β-amino-alcohol motifs (C(OH)–C–C–N with tert-alkyl or cyclic N) is 1. The van der Waals surface area contributed by atoms with Crippen molar-refractivity contribution in [2.45, 2.75) is 50.7 Å². The zero-order valence-electron chi connectivity index (χ0n) is 22.7. The first kappa shape index (κ1) is 28.2. The molecule has 3 aromatic rings. The molecule has 0 aliphatic carbocycles. The number of nitrogens with one attached hydrogen (secondary N) is 2. The second kappa shape index (κ2) is 11.6. The van der Waals surface area contributed by atoms with Gasteiger partial charge in [0, 0.05) is 31.7 Å². The van der Waals surface area contributed by atoms with Crippen LogP contribution in [-0.2, 0) is 27.7 Å². The van der Waals surface area contributed by atoms with Crippen LogP contribution in [0.4, 0.5) is 22.7 Å². The number of aryl methyl sites for hydroxylation is 1. The highest BCUT2D eigenvalue weighted by atomic mass is 32.2. The summed E-state index contributed by atoms with van der Waals surface area (Å²) in [5, 5.41) is 13.9. The fourth-order valence-electron chi connectivity index (χ4n) is 4.95. The summed E-state index contributed by atoms with van der Waals surface area (Å²) >= 11 is 1.19. The Morgan fingerprint density at radius 1 is 1.18 bits per heavy atom. The van der Waals surface area contributed by atoms with E-state index in [0.717, 1.165) is 42.1 Å². The average Bonchev–Trinajstić information content (AvgIpc) is 3.54. The lowest BCUT2D eigenvalue weighted by molar-refractivity contribution is 0.0531. The molecule has 0 spiro atoms.